The predicted molar refractivity (Wildman–Crippen MR) is 135 cm³/mol. The van der Waals surface area contributed by atoms with Crippen LogP contribution in [-0.2, 0) is 0 Å². The summed E-state index contributed by atoms with van der Waals surface area (Å²) in [4.78, 5) is 0. The Morgan fingerprint density at radius 3 is 1.14 bits per heavy atom. The molecule has 2 heterocycles. The summed E-state index contributed by atoms with van der Waals surface area (Å²) in [5.74, 6) is -20.2. The third-order valence-corrected chi connectivity index (χ3v) is 6.66. The van der Waals surface area contributed by atoms with Crippen LogP contribution in [0.4, 0.5) is 35.1 Å². The Morgan fingerprint density at radius 1 is 0.477 bits per heavy atom. The van der Waals surface area contributed by atoms with Crippen LogP contribution < -0.4 is 28.4 Å². The molecule has 6 nitrogen and oxygen atoms in total. The van der Waals surface area contributed by atoms with Crippen molar-refractivity contribution in [3.8, 4) is 45.6 Å². The number of hydrogen-bond acceptors (Lipinski definition) is 6. The Hall–Kier alpha value is -4.88. The molecule has 0 radical (unpaired) electrons. The van der Waals surface area contributed by atoms with E-state index in [-0.39, 0.29) is 24.7 Å². The van der Waals surface area contributed by atoms with E-state index in [1.54, 1.807) is 36.4 Å². The van der Waals surface area contributed by atoms with Crippen molar-refractivity contribution in [3.05, 3.63) is 95.1 Å². The van der Waals surface area contributed by atoms with Crippen molar-refractivity contribution < 1.29 is 63.5 Å². The maximum absolute atomic E-state index is 15.0. The third kappa shape index (κ3) is 5.13. The maximum Gasteiger partial charge on any atom is 0.204 e. The topological polar surface area (TPSA) is 55.4 Å². The van der Waals surface area contributed by atoms with Crippen LogP contribution in [0.3, 0.4) is 0 Å². The Kier molecular flexibility index (Phi) is 7.74. The van der Waals surface area contributed by atoms with E-state index in [0.29, 0.717) is 11.5 Å². The smallest absolute Gasteiger partial charge is 0.204 e. The molecule has 0 saturated heterocycles. The molecule has 0 aromatic heterocycles. The zero-order valence-electron chi connectivity index (χ0n) is 22.1. The Bertz CT molecular complexity index is 1560. The summed E-state index contributed by atoms with van der Waals surface area (Å²) in [7, 11) is 0. The lowest BCUT2D eigenvalue weighted by Crippen LogP contribution is -2.34. The Balaban J connectivity index is 1.24. The second-order valence-corrected chi connectivity index (χ2v) is 9.54. The number of ether oxygens (including phenoxy) is 6. The number of rotatable bonds is 7. The van der Waals surface area contributed by atoms with Crippen molar-refractivity contribution in [2.75, 3.05) is 26.4 Å². The van der Waals surface area contributed by atoms with E-state index in [9.17, 15) is 17.6 Å². The van der Waals surface area contributed by atoms with Gasteiger partial charge in [0, 0.05) is 0 Å². The van der Waals surface area contributed by atoms with Gasteiger partial charge in [0.25, 0.3) is 0 Å². The fraction of sp³-hybridized carbons (Fsp3) is 0.200. The predicted octanol–water partition coefficient (Wildman–Crippen LogP) is 6.90. The monoisotopic (exact) mass is 626 g/mol. The summed E-state index contributed by atoms with van der Waals surface area (Å²) in [5.41, 5.74) is -4.09. The van der Waals surface area contributed by atoms with E-state index in [0.717, 1.165) is 0 Å². The van der Waals surface area contributed by atoms with Crippen molar-refractivity contribution in [1.82, 2.24) is 0 Å². The van der Waals surface area contributed by atoms with Gasteiger partial charge in [0.15, 0.2) is 70.0 Å². The molecule has 0 aliphatic carbocycles. The lowest BCUT2D eigenvalue weighted by atomic mass is 10.0. The number of para-hydroxylation sites is 4. The largest absolute Gasteiger partial charge is 0.486 e. The van der Waals surface area contributed by atoms with E-state index in [2.05, 4.69) is 0 Å². The van der Waals surface area contributed by atoms with Crippen molar-refractivity contribution in [1.29, 1.82) is 0 Å². The van der Waals surface area contributed by atoms with Crippen LogP contribution in [0.1, 0.15) is 0 Å². The van der Waals surface area contributed by atoms with Gasteiger partial charge in [-0.3, -0.25) is 0 Å². The van der Waals surface area contributed by atoms with Gasteiger partial charge in [-0.25, -0.2) is 17.6 Å². The Morgan fingerprint density at radius 2 is 0.795 bits per heavy atom. The average molecular weight is 626 g/mol. The first-order chi connectivity index (χ1) is 21.2. The van der Waals surface area contributed by atoms with E-state index in [4.69, 9.17) is 28.4 Å². The summed E-state index contributed by atoms with van der Waals surface area (Å²) in [5, 5.41) is 0. The molecule has 230 valence electrons. The van der Waals surface area contributed by atoms with E-state index >= 15 is 17.6 Å². The van der Waals surface area contributed by atoms with Gasteiger partial charge in [-0.1, -0.05) is 24.3 Å². The van der Waals surface area contributed by atoms with E-state index < -0.39 is 94.6 Å². The molecule has 6 rings (SSSR count). The summed E-state index contributed by atoms with van der Waals surface area (Å²) in [6, 6.07) is 12.8. The van der Waals surface area contributed by atoms with Crippen LogP contribution in [-0.4, -0.2) is 38.6 Å². The van der Waals surface area contributed by atoms with Gasteiger partial charge in [-0.2, -0.15) is 17.6 Å². The average Bonchev–Trinajstić information content (AvgIpc) is 3.04. The highest BCUT2D eigenvalue weighted by atomic mass is 19.2. The SMILES string of the molecule is Fc1c(F)c(-c2c(F)c(F)c(OCC3COc4ccccc4O3)c(F)c2F)c(F)c(F)c1OCC1COc2ccccc2O1. The number of hydrogen-bond donors (Lipinski definition) is 0. The molecule has 4 aromatic rings. The molecule has 4 aromatic carbocycles. The molecule has 2 unspecified atom stereocenters. The number of fused-ring (bicyclic) bond motifs is 2. The fourth-order valence-electron chi connectivity index (χ4n) is 4.56. The Labute approximate surface area is 243 Å². The molecule has 2 aliphatic rings. The van der Waals surface area contributed by atoms with Crippen molar-refractivity contribution in [2.45, 2.75) is 12.2 Å². The summed E-state index contributed by atoms with van der Waals surface area (Å²) < 4.78 is 151. The molecular formula is C30H18F8O6. The third-order valence-electron chi connectivity index (χ3n) is 6.66. The quantitative estimate of drug-likeness (QED) is 0.164. The van der Waals surface area contributed by atoms with Gasteiger partial charge in [-0.15, -0.1) is 0 Å². The molecule has 0 spiro atoms. The maximum atomic E-state index is 15.0. The second-order valence-electron chi connectivity index (χ2n) is 9.54. The summed E-state index contributed by atoms with van der Waals surface area (Å²) >= 11 is 0. The first-order valence-electron chi connectivity index (χ1n) is 12.9. The molecule has 44 heavy (non-hydrogen) atoms. The molecule has 2 atom stereocenters. The molecule has 0 saturated carbocycles. The second kappa shape index (κ2) is 11.7. The highest BCUT2D eigenvalue weighted by Crippen LogP contribution is 2.42. The van der Waals surface area contributed by atoms with Gasteiger partial charge in [-0.05, 0) is 24.3 Å². The van der Waals surface area contributed by atoms with Crippen molar-refractivity contribution >= 4 is 0 Å². The van der Waals surface area contributed by atoms with Gasteiger partial charge < -0.3 is 28.4 Å². The van der Waals surface area contributed by atoms with Crippen LogP contribution in [0.15, 0.2) is 48.5 Å². The minimum atomic E-state index is -2.37. The highest BCUT2D eigenvalue weighted by Gasteiger charge is 2.36. The summed E-state index contributed by atoms with van der Waals surface area (Å²) in [6.45, 7) is -1.64. The van der Waals surface area contributed by atoms with Crippen LogP contribution in [0, 0.1) is 46.5 Å². The van der Waals surface area contributed by atoms with Gasteiger partial charge in [0.05, 0.1) is 11.1 Å². The van der Waals surface area contributed by atoms with Gasteiger partial charge in [0.1, 0.15) is 26.4 Å². The molecular weight excluding hydrogens is 608 g/mol. The molecule has 0 fully saturated rings. The standard InChI is InChI=1S/C30H18F8O6/c31-21-19(22(32)26(36)29(25(21)35)41-11-13-9-39-15-5-1-3-7-17(15)43-13)20-23(33)27(37)30(28(38)24(20)34)42-12-14-10-40-16-6-2-4-8-18(16)44-14/h1-8,13-14H,9-12H2. The van der Waals surface area contributed by atoms with Crippen LogP contribution in [0.2, 0.25) is 0 Å². The lowest BCUT2D eigenvalue weighted by molar-refractivity contribution is 0.0505. The minimum Gasteiger partial charge on any atom is -0.486 e. The molecule has 0 N–H and O–H groups in total. The zero-order valence-corrected chi connectivity index (χ0v) is 22.1. The van der Waals surface area contributed by atoms with Crippen LogP contribution in [0.5, 0.6) is 34.5 Å². The van der Waals surface area contributed by atoms with Crippen molar-refractivity contribution in [2.24, 2.45) is 0 Å². The summed E-state index contributed by atoms with van der Waals surface area (Å²) in [6.07, 6.45) is -1.94. The number of benzene rings is 4. The van der Waals surface area contributed by atoms with E-state index in [1.165, 1.54) is 12.1 Å². The fourth-order valence-corrected chi connectivity index (χ4v) is 4.56. The first kappa shape index (κ1) is 29.2. The molecule has 2 aliphatic heterocycles. The highest BCUT2D eigenvalue weighted by molar-refractivity contribution is 5.69. The van der Waals surface area contributed by atoms with Gasteiger partial charge in [0.2, 0.25) is 23.3 Å². The van der Waals surface area contributed by atoms with Crippen LogP contribution >= 0.6 is 0 Å². The molecule has 0 bridgehead atoms. The minimum absolute atomic E-state index is 0.153. The van der Waals surface area contributed by atoms with Gasteiger partial charge >= 0.3 is 0 Å². The first-order valence-corrected chi connectivity index (χ1v) is 12.9. The molecule has 0 amide bonds. The van der Waals surface area contributed by atoms with E-state index in [1.807, 2.05) is 0 Å². The normalized spacial score (nSPS) is 16.9. The number of halogens is 8. The lowest BCUT2D eigenvalue weighted by Gasteiger charge is -2.26. The van der Waals surface area contributed by atoms with Crippen LogP contribution in [0.25, 0.3) is 11.1 Å². The van der Waals surface area contributed by atoms with Crippen molar-refractivity contribution in [3.63, 3.8) is 0 Å². The zero-order chi connectivity index (χ0) is 31.1. The molecule has 14 heteroatoms.